The Bertz CT molecular complexity index is 1970. The van der Waals surface area contributed by atoms with Crippen LogP contribution in [0.15, 0.2) is 6.20 Å². The van der Waals surface area contributed by atoms with Crippen molar-refractivity contribution in [2.75, 3.05) is 26.9 Å². The fraction of sp³-hybridized carbons (Fsp3) is 0.784. The van der Waals surface area contributed by atoms with Crippen LogP contribution in [0.25, 0.3) is 0 Å². The largest absolute Gasteiger partial charge is 0.480 e. The molecule has 3 rings (SSSR count). The molecule has 68 heavy (non-hydrogen) atoms. The maximum atomic E-state index is 13.6. The molecule has 388 valence electrons. The van der Waals surface area contributed by atoms with Gasteiger partial charge in [0.15, 0.2) is 12.6 Å². The van der Waals surface area contributed by atoms with Gasteiger partial charge < -0.3 is 85.4 Å². The Morgan fingerprint density at radius 1 is 0.853 bits per heavy atom. The zero-order valence-electron chi connectivity index (χ0n) is 38.2. The fourth-order valence-corrected chi connectivity index (χ4v) is 8.99. The third-order valence-corrected chi connectivity index (χ3v) is 14.9. The molecule has 0 aliphatic carbocycles. The lowest BCUT2D eigenvalue weighted by Crippen LogP contribution is -2.70. The molecule has 2 saturated heterocycles. The normalized spacial score (nSPS) is 28.1. The molecule has 5 amide bonds. The minimum absolute atomic E-state index is 0.0680. The van der Waals surface area contributed by atoms with Gasteiger partial charge in [0.25, 0.3) is 0 Å². The first-order valence-electron chi connectivity index (χ1n) is 21.5. The van der Waals surface area contributed by atoms with Crippen molar-refractivity contribution in [3.63, 3.8) is 0 Å². The molecule has 0 bridgehead atoms. The average Bonchev–Trinajstić information content (AvgIpc) is 3.74. The molecule has 12 N–H and O–H groups in total. The first-order chi connectivity index (χ1) is 31.9. The minimum Gasteiger partial charge on any atom is -0.480 e. The highest BCUT2D eigenvalue weighted by Crippen LogP contribution is 2.78. The number of carbonyl (C=O) groups excluding carboxylic acids is 5. The lowest BCUT2D eigenvalue weighted by molar-refractivity contribution is -0.330. The van der Waals surface area contributed by atoms with Crippen LogP contribution in [-0.4, -0.2) is 192 Å². The topological polar surface area (TPSA) is 424 Å². The number of aliphatic hydroxyl groups is 4. The van der Waals surface area contributed by atoms with E-state index in [1.807, 2.05) is 6.92 Å². The van der Waals surface area contributed by atoms with Crippen LogP contribution in [0, 0.1) is 0 Å². The number of hydrogen-bond acceptors (Lipinski definition) is 20. The molecule has 31 heteroatoms. The number of unbranched alkanes of at least 4 members (excludes halogenated alkanes) is 1. The number of aliphatic carboxylic acids is 1. The van der Waals surface area contributed by atoms with E-state index in [0.29, 0.717) is 26.5 Å². The van der Waals surface area contributed by atoms with Crippen molar-refractivity contribution in [2.24, 2.45) is 0 Å². The molecular formula is C37H64N8O21P2. The second kappa shape index (κ2) is 26.8. The molecule has 0 aromatic carbocycles. The minimum atomic E-state index is -5.74. The first-order valence-corrected chi connectivity index (χ1v) is 25.4. The number of carbonyl (C=O) groups is 6. The Morgan fingerprint density at radius 2 is 1.49 bits per heavy atom. The van der Waals surface area contributed by atoms with E-state index < -0.39 is 143 Å². The van der Waals surface area contributed by atoms with Crippen molar-refractivity contribution in [1.82, 2.24) is 41.6 Å². The third kappa shape index (κ3) is 16.5. The van der Waals surface area contributed by atoms with E-state index in [0.717, 1.165) is 32.9 Å². The summed E-state index contributed by atoms with van der Waals surface area (Å²) < 4.78 is 60.0. The Kier molecular flexibility index (Phi) is 23.0. The summed E-state index contributed by atoms with van der Waals surface area (Å²) in [7, 11) is -10.6. The zero-order chi connectivity index (χ0) is 51.1. The van der Waals surface area contributed by atoms with Crippen LogP contribution in [0.3, 0.4) is 0 Å². The van der Waals surface area contributed by atoms with E-state index in [2.05, 4.69) is 41.4 Å². The molecular weight excluding hydrogens is 954 g/mol. The lowest BCUT2D eigenvalue weighted by Gasteiger charge is -2.49. The fourth-order valence-electron chi connectivity index (χ4n) is 6.96. The number of aliphatic hydroxyl groups excluding tert-OH is 4. The van der Waals surface area contributed by atoms with Gasteiger partial charge in [0.2, 0.25) is 29.5 Å². The SMILES string of the molecule is CCc1cn(CCCC[C@H](NC(=O)CCCNC(=O)[C@H](C)NC(=O)[C@@H](C)O[C@H]2C(O[C@@H]3O[C@H](CO)[C@@H](O)[C@H](O)[C@H]3NC(C)=O)[C@@H](CO)O[C@H](OP(=O)(O)P(=O)(O)OC)[C@@H]2NC(C)=O)C(=O)O)nn1. The zero-order valence-corrected chi connectivity index (χ0v) is 40.0. The molecule has 3 unspecified atom stereocenters. The number of carboxylic acids is 1. The lowest BCUT2D eigenvalue weighted by atomic mass is 9.94. The summed E-state index contributed by atoms with van der Waals surface area (Å²) in [6.45, 7) is 4.91. The van der Waals surface area contributed by atoms with Crippen LogP contribution >= 0.6 is 14.6 Å². The van der Waals surface area contributed by atoms with Crippen molar-refractivity contribution in [3.05, 3.63) is 11.9 Å². The molecule has 3 heterocycles. The van der Waals surface area contributed by atoms with Gasteiger partial charge in [0.05, 0.1) is 18.9 Å². The predicted molar refractivity (Wildman–Crippen MR) is 228 cm³/mol. The van der Waals surface area contributed by atoms with Crippen LogP contribution in [0.1, 0.15) is 72.4 Å². The number of aromatic nitrogens is 3. The first kappa shape index (κ1) is 58.3. The number of amides is 5. The maximum Gasteiger partial charge on any atom is 0.440 e. The third-order valence-electron chi connectivity index (χ3n) is 10.6. The van der Waals surface area contributed by atoms with Gasteiger partial charge in [-0.2, -0.15) is 0 Å². The molecule has 1 aromatic heterocycles. The van der Waals surface area contributed by atoms with Gasteiger partial charge in [0, 0.05) is 46.7 Å². The predicted octanol–water partition coefficient (Wildman–Crippen LogP) is -3.75. The molecule has 29 nitrogen and oxygen atoms in total. The van der Waals surface area contributed by atoms with Gasteiger partial charge in [-0.05, 0) is 46.0 Å². The Labute approximate surface area is 390 Å². The summed E-state index contributed by atoms with van der Waals surface area (Å²) in [6, 6.07) is -5.90. The van der Waals surface area contributed by atoms with Crippen LogP contribution < -0.4 is 26.6 Å². The Hall–Kier alpha value is -4.06. The number of nitrogens with one attached hydrogen (secondary N) is 5. The second-order valence-corrected chi connectivity index (χ2v) is 21.5. The summed E-state index contributed by atoms with van der Waals surface area (Å²) in [6.07, 6.45) is -12.7. The molecule has 2 fully saturated rings. The second-order valence-electron chi connectivity index (χ2n) is 15.9. The standard InChI is InChI=1S/C37H64N8O21P2/c1-7-22-15-45(44-43-22)14-9-8-11-23(35(55)56)42-26(50)12-10-13-38-33(53)18(2)39-34(54)19(3)62-32-28(41-21(5)49)37(66-68(59,60)67(57,58)61-6)64-25(17-47)31(32)65-36-27(40-20(4)48)30(52)29(51)24(16-46)63-36/h15,18-19,23-25,27-32,36-37,46-47,51-52H,7-14,16-17H2,1-6H3,(H,38,53)(H,39,54)(H,40,48)(H,41,49)(H,42,50)(H,55,56)(H,57,58)(H,59,60)/t18-,19+,23-,24+,25+,27+,28+,29+,30+,31?,32+,36-,37+/m0/s1. The van der Waals surface area contributed by atoms with E-state index in [4.69, 9.17) is 23.5 Å². The summed E-state index contributed by atoms with van der Waals surface area (Å²) in [4.78, 5) is 96.3. The van der Waals surface area contributed by atoms with Gasteiger partial charge in [-0.25, -0.2) is 13.9 Å². The average molecular weight is 1020 g/mol. The molecule has 2 aliphatic heterocycles. The number of ether oxygens (including phenoxy) is 4. The summed E-state index contributed by atoms with van der Waals surface area (Å²) >= 11 is 0. The summed E-state index contributed by atoms with van der Waals surface area (Å²) in [5.74, 6) is -5.17. The van der Waals surface area contributed by atoms with Crippen LogP contribution in [-0.2, 0) is 78.9 Å². The Morgan fingerprint density at radius 3 is 2.06 bits per heavy atom. The van der Waals surface area contributed by atoms with Gasteiger partial charge in [-0.15, -0.1) is 5.10 Å². The number of carboxylic acid groups (broad SMARTS) is 1. The van der Waals surface area contributed by atoms with E-state index >= 15 is 0 Å². The van der Waals surface area contributed by atoms with Gasteiger partial charge in [-0.3, -0.25) is 33.2 Å². The highest BCUT2D eigenvalue weighted by Gasteiger charge is 2.56. The van der Waals surface area contributed by atoms with Crippen molar-refractivity contribution >= 4 is 50.1 Å². The molecule has 2 aliphatic rings. The van der Waals surface area contributed by atoms with Crippen molar-refractivity contribution in [2.45, 2.75) is 159 Å². The molecule has 0 spiro atoms. The highest BCUT2D eigenvalue weighted by atomic mass is 32.1. The molecule has 0 radical (unpaired) electrons. The van der Waals surface area contributed by atoms with Crippen molar-refractivity contribution in [3.8, 4) is 0 Å². The van der Waals surface area contributed by atoms with E-state index in [1.54, 1.807) is 10.9 Å². The maximum absolute atomic E-state index is 13.6. The van der Waals surface area contributed by atoms with Crippen LogP contribution in [0.2, 0.25) is 0 Å². The van der Waals surface area contributed by atoms with Crippen molar-refractivity contribution < 1.29 is 101 Å². The number of nitrogens with zero attached hydrogens (tertiary/aromatic N) is 3. The summed E-state index contributed by atoms with van der Waals surface area (Å²) in [5.41, 5.74) is 0.828. The number of hydrogen-bond donors (Lipinski definition) is 12. The monoisotopic (exact) mass is 1020 g/mol. The summed E-state index contributed by atoms with van der Waals surface area (Å²) in [5, 5.41) is 71.5. The molecule has 15 atom stereocenters. The van der Waals surface area contributed by atoms with E-state index in [-0.39, 0.29) is 25.8 Å². The quantitative estimate of drug-likeness (QED) is 0.0298. The van der Waals surface area contributed by atoms with Crippen LogP contribution in [0.5, 0.6) is 0 Å². The van der Waals surface area contributed by atoms with Crippen LogP contribution in [0.4, 0.5) is 0 Å². The Balaban J connectivity index is 1.74. The van der Waals surface area contributed by atoms with Gasteiger partial charge >= 0.3 is 20.5 Å². The smallest absolute Gasteiger partial charge is 0.440 e. The number of rotatable bonds is 27. The van der Waals surface area contributed by atoms with E-state index in [9.17, 15) is 73.2 Å². The molecule has 0 saturated carbocycles. The highest BCUT2D eigenvalue weighted by molar-refractivity contribution is 8.26. The van der Waals surface area contributed by atoms with E-state index in [1.165, 1.54) is 6.92 Å². The van der Waals surface area contributed by atoms with Gasteiger partial charge in [-0.1, -0.05) is 12.1 Å². The number of aryl methyl sites for hydroxylation is 2. The molecule has 1 aromatic rings. The van der Waals surface area contributed by atoms with Crippen molar-refractivity contribution in [1.29, 1.82) is 0 Å². The van der Waals surface area contributed by atoms with Gasteiger partial charge in [0.1, 0.15) is 66.9 Å².